The smallest absolute Gasteiger partial charge is 0.872 e. The number of aryl methyl sites for hydroxylation is 2. The Balaban J connectivity index is 0.000000413. The largest absolute Gasteiger partial charge is 2.00 e. The number of hydrogen-bond donors (Lipinski definition) is 2. The molecule has 0 amide bonds. The van der Waals surface area contributed by atoms with E-state index in [0.29, 0.717) is 11.5 Å². The fourth-order valence-electron chi connectivity index (χ4n) is 7.00. The summed E-state index contributed by atoms with van der Waals surface area (Å²) < 4.78 is 77.5. The van der Waals surface area contributed by atoms with E-state index in [1.807, 2.05) is 24.3 Å². The maximum Gasteiger partial charge on any atom is 2.00 e. The van der Waals surface area contributed by atoms with Crippen LogP contribution in [0, 0.1) is 0 Å². The van der Waals surface area contributed by atoms with Gasteiger partial charge in [-0.25, -0.2) is 8.42 Å². The second-order valence-corrected chi connectivity index (χ2v) is 18.1. The second-order valence-electron chi connectivity index (χ2n) is 15.5. The summed E-state index contributed by atoms with van der Waals surface area (Å²) >= 11 is 0. The SMILES string of the molecule is CCCCCCCCCCCCc1ccc(Oc2cccc(O)c2S(=O)(=O)O)cc1.CCCCCCCCCCCCc1ccc(Oc2cccc([O-])c2S(=O)(=O)[O-])cc1.[Ca+2]. The van der Waals surface area contributed by atoms with Crippen molar-refractivity contribution in [2.45, 2.75) is 165 Å². The van der Waals surface area contributed by atoms with Gasteiger partial charge in [0.05, 0.1) is 4.90 Å². The Morgan fingerprint density at radius 3 is 1.20 bits per heavy atom. The number of phenolic OH excluding ortho intramolecular Hbond substituents is 1. The van der Waals surface area contributed by atoms with E-state index in [1.54, 1.807) is 24.3 Å². The Labute approximate surface area is 396 Å². The summed E-state index contributed by atoms with van der Waals surface area (Å²) in [5, 5.41) is 21.5. The van der Waals surface area contributed by atoms with Crippen LogP contribution in [0.15, 0.2) is 94.7 Å². The van der Waals surface area contributed by atoms with Crippen molar-refractivity contribution in [1.29, 1.82) is 0 Å². The molecule has 0 unspecified atom stereocenters. The third-order valence-corrected chi connectivity index (χ3v) is 12.2. The van der Waals surface area contributed by atoms with Crippen LogP contribution in [-0.2, 0) is 33.1 Å². The topological polar surface area (TPSA) is 173 Å². The monoisotopic (exact) mass is 906 g/mol. The van der Waals surface area contributed by atoms with Gasteiger partial charge in [-0.05, 0) is 79.3 Å². The minimum atomic E-state index is -4.91. The molecule has 0 heterocycles. The molecular formula is C48H66CaO10S2. The normalized spacial score (nSPS) is 11.3. The Morgan fingerprint density at radius 1 is 0.492 bits per heavy atom. The fourth-order valence-corrected chi connectivity index (χ4v) is 8.37. The number of aromatic hydroxyl groups is 1. The first kappa shape index (κ1) is 54.3. The van der Waals surface area contributed by atoms with Crippen molar-refractivity contribution >= 4 is 58.0 Å². The molecule has 0 atom stereocenters. The van der Waals surface area contributed by atoms with Crippen molar-refractivity contribution in [3.63, 3.8) is 0 Å². The molecule has 0 fully saturated rings. The number of rotatable bonds is 28. The molecule has 0 radical (unpaired) electrons. The number of hydrogen-bond acceptors (Lipinski definition) is 9. The molecular weight excluding hydrogens is 841 g/mol. The van der Waals surface area contributed by atoms with Gasteiger partial charge in [-0.1, -0.05) is 178 Å². The van der Waals surface area contributed by atoms with E-state index >= 15 is 0 Å². The van der Waals surface area contributed by atoms with E-state index in [1.165, 1.54) is 157 Å². The third kappa shape index (κ3) is 21.9. The van der Waals surface area contributed by atoms with Gasteiger partial charge in [0.25, 0.3) is 0 Å². The van der Waals surface area contributed by atoms with Gasteiger partial charge < -0.3 is 24.2 Å². The molecule has 0 saturated heterocycles. The van der Waals surface area contributed by atoms with E-state index in [2.05, 4.69) is 13.8 Å². The van der Waals surface area contributed by atoms with Crippen LogP contribution in [0.25, 0.3) is 0 Å². The fraction of sp³-hybridized carbons (Fsp3) is 0.500. The van der Waals surface area contributed by atoms with Crippen molar-refractivity contribution in [3.05, 3.63) is 96.1 Å². The summed E-state index contributed by atoms with van der Waals surface area (Å²) in [4.78, 5) is -1.47. The molecule has 0 saturated carbocycles. The van der Waals surface area contributed by atoms with E-state index in [0.717, 1.165) is 31.7 Å². The van der Waals surface area contributed by atoms with Crippen LogP contribution in [0.1, 0.15) is 153 Å². The first-order valence-electron chi connectivity index (χ1n) is 21.9. The Hall–Kier alpha value is -2.84. The van der Waals surface area contributed by atoms with Crippen molar-refractivity contribution in [3.8, 4) is 34.5 Å². The van der Waals surface area contributed by atoms with Crippen molar-refractivity contribution in [2.75, 3.05) is 0 Å². The standard InChI is InChI=1S/2C24H34O5S.Ca/c2*1-2-3-4-5-6-7-8-9-10-11-13-20-16-18-21(19-17-20)29-23-15-12-14-22(25)24(23)30(26,27)28;/h2*12,14-19,25H,2-11,13H2,1H3,(H,26,27,28);/q;;+2/p-2. The molecule has 61 heavy (non-hydrogen) atoms. The molecule has 4 aromatic rings. The van der Waals surface area contributed by atoms with E-state index in [9.17, 15) is 36.2 Å². The Bertz CT molecular complexity index is 1870. The van der Waals surface area contributed by atoms with Crippen LogP contribution in [-0.4, -0.2) is 68.8 Å². The predicted molar refractivity (Wildman–Crippen MR) is 242 cm³/mol. The average Bonchev–Trinajstić information content (AvgIpc) is 3.20. The molecule has 2 N–H and O–H groups in total. The molecule has 4 aromatic carbocycles. The maximum atomic E-state index is 11.7. The van der Waals surface area contributed by atoms with E-state index in [4.69, 9.17) is 9.47 Å². The van der Waals surface area contributed by atoms with Gasteiger partial charge in [0.15, 0.2) is 10.6 Å². The van der Waals surface area contributed by atoms with Gasteiger partial charge >= 0.3 is 47.9 Å². The molecule has 0 bridgehead atoms. The first-order chi connectivity index (χ1) is 28.8. The first-order valence-corrected chi connectivity index (χ1v) is 24.8. The third-order valence-electron chi connectivity index (χ3n) is 10.3. The summed E-state index contributed by atoms with van der Waals surface area (Å²) in [5.41, 5.74) is 2.38. The zero-order chi connectivity index (χ0) is 43.6. The van der Waals surface area contributed by atoms with E-state index in [-0.39, 0.29) is 49.2 Å². The summed E-state index contributed by atoms with van der Waals surface area (Å²) in [5.74, 6) is -0.929. The molecule has 0 spiro atoms. The van der Waals surface area contributed by atoms with Gasteiger partial charge in [-0.3, -0.25) is 4.55 Å². The minimum absolute atomic E-state index is 0. The van der Waals surface area contributed by atoms with Crippen LogP contribution in [0.2, 0.25) is 0 Å². The average molecular weight is 907 g/mol. The quantitative estimate of drug-likeness (QED) is 0.0317. The van der Waals surface area contributed by atoms with Crippen molar-refractivity contribution in [2.24, 2.45) is 0 Å². The predicted octanol–water partition coefficient (Wildman–Crippen LogP) is 12.4. The van der Waals surface area contributed by atoms with Gasteiger partial charge in [-0.15, -0.1) is 0 Å². The number of phenols is 1. The minimum Gasteiger partial charge on any atom is -0.872 e. The second kappa shape index (κ2) is 30.3. The number of ether oxygens (including phenoxy) is 2. The van der Waals surface area contributed by atoms with E-state index < -0.39 is 41.5 Å². The van der Waals surface area contributed by atoms with Crippen LogP contribution >= 0.6 is 0 Å². The van der Waals surface area contributed by atoms with Crippen molar-refractivity contribution < 1.29 is 45.6 Å². The summed E-state index contributed by atoms with van der Waals surface area (Å²) in [7, 11) is -9.50. The van der Waals surface area contributed by atoms with Crippen molar-refractivity contribution in [1.82, 2.24) is 0 Å². The molecule has 0 aliphatic heterocycles. The molecule has 10 nitrogen and oxygen atoms in total. The maximum absolute atomic E-state index is 11.7. The summed E-state index contributed by atoms with van der Waals surface area (Å²) in [6.07, 6.45) is 28.1. The molecule has 4 rings (SSSR count). The zero-order valence-electron chi connectivity index (χ0n) is 36.3. The van der Waals surface area contributed by atoms with Gasteiger partial charge in [-0.2, -0.15) is 8.42 Å². The molecule has 0 aliphatic carbocycles. The van der Waals surface area contributed by atoms with Crippen LogP contribution in [0.5, 0.6) is 34.5 Å². The summed E-state index contributed by atoms with van der Waals surface area (Å²) in [6.45, 7) is 4.49. The van der Waals surface area contributed by atoms with Crippen LogP contribution in [0.3, 0.4) is 0 Å². The van der Waals surface area contributed by atoms with Gasteiger partial charge in [0.2, 0.25) is 0 Å². The summed E-state index contributed by atoms with van der Waals surface area (Å²) in [6, 6.07) is 22.5. The van der Waals surface area contributed by atoms with Gasteiger partial charge in [0, 0.05) is 0 Å². The number of benzene rings is 4. The number of unbranched alkanes of at least 4 members (excludes halogenated alkanes) is 18. The van der Waals surface area contributed by atoms with Gasteiger partial charge in [0.1, 0.15) is 33.1 Å². The molecule has 0 aliphatic rings. The zero-order valence-corrected chi connectivity index (χ0v) is 40.2. The van der Waals surface area contributed by atoms with Crippen LogP contribution in [0.4, 0.5) is 0 Å². The Kier molecular flexibility index (Phi) is 27.0. The van der Waals surface area contributed by atoms with Crippen LogP contribution < -0.4 is 14.6 Å². The molecule has 332 valence electrons. The Morgan fingerprint density at radius 2 is 0.836 bits per heavy atom. The molecule has 13 heteroatoms. The molecule has 0 aromatic heterocycles.